The summed E-state index contributed by atoms with van der Waals surface area (Å²) in [5.74, 6) is 0.0736. The zero-order valence-electron chi connectivity index (χ0n) is 11.2. The minimum atomic E-state index is -0.569. The van der Waals surface area contributed by atoms with Crippen LogP contribution >= 0.6 is 11.6 Å². The summed E-state index contributed by atoms with van der Waals surface area (Å²) in [6, 6.07) is 14.7. The molecule has 0 aliphatic heterocycles. The molecule has 0 spiro atoms. The molecule has 0 aliphatic rings. The lowest BCUT2D eigenvalue weighted by Crippen LogP contribution is -1.94. The molecule has 21 heavy (non-hydrogen) atoms. The predicted octanol–water partition coefficient (Wildman–Crippen LogP) is 4.98. The highest BCUT2D eigenvalue weighted by Gasteiger charge is 2.21. The van der Waals surface area contributed by atoms with Crippen LogP contribution in [0.15, 0.2) is 52.9 Å². The number of rotatable bonds is 3. The highest BCUT2D eigenvalue weighted by Crippen LogP contribution is 2.36. The van der Waals surface area contributed by atoms with E-state index in [9.17, 15) is 10.1 Å². The van der Waals surface area contributed by atoms with Crippen molar-refractivity contribution in [3.63, 3.8) is 0 Å². The van der Waals surface area contributed by atoms with E-state index < -0.39 is 10.3 Å². The molecule has 1 unspecified atom stereocenters. The normalized spacial score (nSPS) is 12.5. The Labute approximate surface area is 126 Å². The molecule has 0 radical (unpaired) electrons. The Morgan fingerprint density at radius 3 is 2.48 bits per heavy atom. The van der Waals surface area contributed by atoms with Crippen LogP contribution in [0.4, 0.5) is 5.88 Å². The molecule has 0 fully saturated rings. The number of hydrogen-bond acceptors (Lipinski definition) is 3. The number of fused-ring (bicyclic) bond motifs is 1. The highest BCUT2D eigenvalue weighted by molar-refractivity contribution is 6.23. The van der Waals surface area contributed by atoms with Gasteiger partial charge >= 0.3 is 5.88 Å². The van der Waals surface area contributed by atoms with Crippen LogP contribution in [0.25, 0.3) is 10.8 Å². The first-order valence-corrected chi connectivity index (χ1v) is 6.88. The van der Waals surface area contributed by atoms with Crippen molar-refractivity contribution in [3.05, 3.63) is 75.5 Å². The maximum atomic E-state index is 10.7. The zero-order valence-corrected chi connectivity index (χ0v) is 12.0. The van der Waals surface area contributed by atoms with Crippen molar-refractivity contribution in [2.45, 2.75) is 12.3 Å². The molecule has 0 bridgehead atoms. The van der Waals surface area contributed by atoms with Crippen LogP contribution in [0.5, 0.6) is 0 Å². The number of halogens is 1. The summed E-state index contributed by atoms with van der Waals surface area (Å²) >= 11 is 6.46. The molecule has 0 saturated heterocycles. The number of hydrogen-bond donors (Lipinski definition) is 0. The van der Waals surface area contributed by atoms with Crippen LogP contribution in [0.1, 0.15) is 22.3 Å². The van der Waals surface area contributed by atoms with Crippen LogP contribution < -0.4 is 0 Å². The van der Waals surface area contributed by atoms with Crippen molar-refractivity contribution in [2.75, 3.05) is 0 Å². The maximum absolute atomic E-state index is 10.7. The lowest BCUT2D eigenvalue weighted by atomic mass is 9.97. The molecule has 0 amide bonds. The van der Waals surface area contributed by atoms with Gasteiger partial charge in [-0.25, -0.2) is 0 Å². The molecular formula is C16H12ClNO3. The van der Waals surface area contributed by atoms with Gasteiger partial charge in [-0.1, -0.05) is 36.4 Å². The van der Waals surface area contributed by atoms with E-state index in [4.69, 9.17) is 16.0 Å². The Hall–Kier alpha value is -2.33. The van der Waals surface area contributed by atoms with Crippen molar-refractivity contribution in [2.24, 2.45) is 0 Å². The summed E-state index contributed by atoms with van der Waals surface area (Å²) in [5, 5.41) is 12.3. The van der Waals surface area contributed by atoms with Gasteiger partial charge in [-0.05, 0) is 34.9 Å². The van der Waals surface area contributed by atoms with E-state index in [1.165, 1.54) is 6.07 Å². The minimum absolute atomic E-state index is 0.299. The quantitative estimate of drug-likeness (QED) is 0.389. The van der Waals surface area contributed by atoms with Gasteiger partial charge in [0.1, 0.15) is 16.1 Å². The van der Waals surface area contributed by atoms with Gasteiger partial charge in [-0.15, -0.1) is 11.6 Å². The molecule has 1 heterocycles. The van der Waals surface area contributed by atoms with Gasteiger partial charge in [-0.2, -0.15) is 0 Å². The number of aryl methyl sites for hydroxylation is 1. The Bertz CT molecular complexity index is 825. The van der Waals surface area contributed by atoms with Crippen molar-refractivity contribution in [1.29, 1.82) is 0 Å². The van der Waals surface area contributed by atoms with E-state index in [0.29, 0.717) is 5.76 Å². The van der Waals surface area contributed by atoms with Gasteiger partial charge in [0.15, 0.2) is 0 Å². The fourth-order valence-electron chi connectivity index (χ4n) is 2.42. The molecule has 2 aromatic carbocycles. The monoisotopic (exact) mass is 301 g/mol. The van der Waals surface area contributed by atoms with Crippen LogP contribution in [0.2, 0.25) is 0 Å². The maximum Gasteiger partial charge on any atom is 0.433 e. The molecule has 4 nitrogen and oxygen atoms in total. The average Bonchev–Trinajstić information content (AvgIpc) is 2.97. The third-order valence-electron chi connectivity index (χ3n) is 3.49. The minimum Gasteiger partial charge on any atom is -0.404 e. The summed E-state index contributed by atoms with van der Waals surface area (Å²) in [5.41, 5.74) is 2.03. The van der Waals surface area contributed by atoms with Gasteiger partial charge in [0.25, 0.3) is 0 Å². The van der Waals surface area contributed by atoms with Crippen LogP contribution in [-0.2, 0) is 0 Å². The van der Waals surface area contributed by atoms with E-state index in [1.807, 2.05) is 43.3 Å². The second-order valence-electron chi connectivity index (χ2n) is 4.81. The summed E-state index contributed by atoms with van der Waals surface area (Å²) in [6.45, 7) is 2.03. The van der Waals surface area contributed by atoms with Crippen molar-refractivity contribution in [1.82, 2.24) is 0 Å². The molecule has 3 rings (SSSR count). The van der Waals surface area contributed by atoms with Crippen LogP contribution in [0.3, 0.4) is 0 Å². The lowest BCUT2D eigenvalue weighted by molar-refractivity contribution is -0.402. The SMILES string of the molecule is Cc1ccc(C(Cl)c2ccc([N+](=O)[O-])o2)c2ccccc12. The molecule has 0 aliphatic carbocycles. The van der Waals surface area contributed by atoms with Gasteiger partial charge in [0.05, 0.1) is 6.07 Å². The largest absolute Gasteiger partial charge is 0.433 e. The van der Waals surface area contributed by atoms with Crippen molar-refractivity contribution in [3.8, 4) is 0 Å². The predicted molar refractivity (Wildman–Crippen MR) is 81.7 cm³/mol. The standard InChI is InChI=1S/C16H12ClNO3/c1-10-6-7-13(12-5-3-2-4-11(10)12)16(17)14-8-9-15(21-14)18(19)20/h2-9,16H,1H3. The molecular weight excluding hydrogens is 290 g/mol. The first-order valence-electron chi connectivity index (χ1n) is 6.44. The fourth-order valence-corrected chi connectivity index (χ4v) is 2.73. The number of alkyl halides is 1. The second-order valence-corrected chi connectivity index (χ2v) is 5.25. The Morgan fingerprint density at radius 1 is 1.10 bits per heavy atom. The van der Waals surface area contributed by atoms with Gasteiger partial charge in [-0.3, -0.25) is 10.1 Å². The van der Waals surface area contributed by atoms with Crippen LogP contribution in [-0.4, -0.2) is 4.92 Å². The number of benzene rings is 2. The van der Waals surface area contributed by atoms with Crippen molar-refractivity contribution >= 4 is 28.3 Å². The molecule has 1 atom stereocenters. The van der Waals surface area contributed by atoms with E-state index in [0.717, 1.165) is 21.9 Å². The highest BCUT2D eigenvalue weighted by atomic mass is 35.5. The first-order chi connectivity index (χ1) is 10.1. The molecule has 1 aromatic heterocycles. The molecule has 0 N–H and O–H groups in total. The van der Waals surface area contributed by atoms with Gasteiger partial charge in [0, 0.05) is 0 Å². The molecule has 5 heteroatoms. The fraction of sp³-hybridized carbons (Fsp3) is 0.125. The summed E-state index contributed by atoms with van der Waals surface area (Å²) in [7, 11) is 0. The number of nitrogens with zero attached hydrogens (tertiary/aromatic N) is 1. The Balaban J connectivity index is 2.11. The number of nitro groups is 1. The first kappa shape index (κ1) is 13.6. The third-order valence-corrected chi connectivity index (χ3v) is 3.94. The molecule has 0 saturated carbocycles. The summed E-state index contributed by atoms with van der Waals surface area (Å²) in [4.78, 5) is 10.1. The Kier molecular flexibility index (Phi) is 3.39. The third kappa shape index (κ3) is 2.38. The van der Waals surface area contributed by atoms with E-state index in [2.05, 4.69) is 0 Å². The van der Waals surface area contributed by atoms with Gasteiger partial charge in [0.2, 0.25) is 0 Å². The van der Waals surface area contributed by atoms with Crippen LogP contribution in [0, 0.1) is 17.0 Å². The Morgan fingerprint density at radius 2 is 1.81 bits per heavy atom. The smallest absolute Gasteiger partial charge is 0.404 e. The number of furan rings is 1. The molecule has 3 aromatic rings. The zero-order chi connectivity index (χ0) is 15.0. The van der Waals surface area contributed by atoms with E-state index in [1.54, 1.807) is 6.07 Å². The van der Waals surface area contributed by atoms with E-state index in [-0.39, 0.29) is 5.88 Å². The van der Waals surface area contributed by atoms with Crippen molar-refractivity contribution < 1.29 is 9.34 Å². The average molecular weight is 302 g/mol. The molecule has 106 valence electrons. The second kappa shape index (κ2) is 5.22. The lowest BCUT2D eigenvalue weighted by Gasteiger charge is -2.12. The summed E-state index contributed by atoms with van der Waals surface area (Å²) in [6.07, 6.45) is 0. The summed E-state index contributed by atoms with van der Waals surface area (Å²) < 4.78 is 5.21. The van der Waals surface area contributed by atoms with Gasteiger partial charge < -0.3 is 4.42 Å². The topological polar surface area (TPSA) is 56.3 Å². The van der Waals surface area contributed by atoms with E-state index >= 15 is 0 Å².